The number of hydrogen-bond donors (Lipinski definition) is 2. The number of nitrogens with one attached hydrogen (secondary N) is 1. The van der Waals surface area contributed by atoms with E-state index >= 15 is 0 Å². The Kier molecular flexibility index (Phi) is 6.10. The number of nitrogens with zero attached hydrogens (tertiary/aromatic N) is 1. The highest BCUT2D eigenvalue weighted by atomic mass is 16.6. The molecule has 0 aliphatic carbocycles. The van der Waals surface area contributed by atoms with E-state index in [9.17, 15) is 14.9 Å². The van der Waals surface area contributed by atoms with Crippen molar-refractivity contribution in [2.24, 2.45) is 0 Å². The van der Waals surface area contributed by atoms with E-state index in [4.69, 9.17) is 9.84 Å². The zero-order valence-electron chi connectivity index (χ0n) is 12.3. The summed E-state index contributed by atoms with van der Waals surface area (Å²) in [5.41, 5.74) is 0.135. The number of aliphatic hydroxyl groups is 1. The Morgan fingerprint density at radius 3 is 2.67 bits per heavy atom. The fourth-order valence-corrected chi connectivity index (χ4v) is 1.61. The number of nitro benzene ring substituents is 1. The van der Waals surface area contributed by atoms with Crippen molar-refractivity contribution in [2.45, 2.75) is 45.9 Å². The van der Waals surface area contributed by atoms with E-state index < -0.39 is 11.0 Å². The molecule has 1 rings (SSSR count). The van der Waals surface area contributed by atoms with Crippen molar-refractivity contribution in [3.05, 3.63) is 33.9 Å². The van der Waals surface area contributed by atoms with E-state index in [1.165, 1.54) is 25.1 Å². The Labute approximate surface area is 123 Å². The van der Waals surface area contributed by atoms with Crippen LogP contribution in [0.5, 0.6) is 5.75 Å². The van der Waals surface area contributed by atoms with Crippen molar-refractivity contribution in [3.63, 3.8) is 0 Å². The quantitative estimate of drug-likeness (QED) is 0.589. The molecule has 1 aromatic carbocycles. The van der Waals surface area contributed by atoms with Crippen LogP contribution in [0.4, 0.5) is 5.69 Å². The third kappa shape index (κ3) is 4.71. The third-order valence-electron chi connectivity index (χ3n) is 3.08. The van der Waals surface area contributed by atoms with Gasteiger partial charge in [0.15, 0.2) is 11.9 Å². The van der Waals surface area contributed by atoms with Crippen LogP contribution in [-0.2, 0) is 11.4 Å². The lowest BCUT2D eigenvalue weighted by molar-refractivity contribution is -0.386. The first-order valence-corrected chi connectivity index (χ1v) is 6.74. The fourth-order valence-electron chi connectivity index (χ4n) is 1.61. The van der Waals surface area contributed by atoms with Crippen molar-refractivity contribution in [1.82, 2.24) is 5.32 Å². The maximum Gasteiger partial charge on any atom is 0.311 e. The zero-order chi connectivity index (χ0) is 16.0. The van der Waals surface area contributed by atoms with Crippen LogP contribution in [0.2, 0.25) is 0 Å². The number of nitro groups is 1. The summed E-state index contributed by atoms with van der Waals surface area (Å²) in [5, 5.41) is 22.8. The van der Waals surface area contributed by atoms with Gasteiger partial charge in [0.25, 0.3) is 5.91 Å². The smallest absolute Gasteiger partial charge is 0.311 e. The Bertz CT molecular complexity index is 518. The number of rotatable bonds is 7. The molecule has 0 saturated carbocycles. The van der Waals surface area contributed by atoms with Gasteiger partial charge >= 0.3 is 5.69 Å². The molecule has 0 fully saturated rings. The van der Waals surface area contributed by atoms with Crippen molar-refractivity contribution in [2.75, 3.05) is 0 Å². The summed E-state index contributed by atoms with van der Waals surface area (Å²) in [5.74, 6) is -0.325. The van der Waals surface area contributed by atoms with Gasteiger partial charge < -0.3 is 15.2 Å². The second kappa shape index (κ2) is 7.58. The summed E-state index contributed by atoms with van der Waals surface area (Å²) >= 11 is 0. The van der Waals surface area contributed by atoms with Gasteiger partial charge in [0.2, 0.25) is 0 Å². The van der Waals surface area contributed by atoms with Gasteiger partial charge in [-0.2, -0.15) is 0 Å². The number of benzene rings is 1. The summed E-state index contributed by atoms with van der Waals surface area (Å²) in [7, 11) is 0. The molecular weight excluding hydrogens is 276 g/mol. The van der Waals surface area contributed by atoms with E-state index in [0.29, 0.717) is 5.56 Å². The molecule has 0 bridgehead atoms. The van der Waals surface area contributed by atoms with E-state index in [0.717, 1.165) is 6.42 Å². The van der Waals surface area contributed by atoms with E-state index in [1.807, 2.05) is 13.8 Å². The summed E-state index contributed by atoms with van der Waals surface area (Å²) in [6.45, 7) is 5.03. The van der Waals surface area contributed by atoms with E-state index in [2.05, 4.69) is 5.32 Å². The molecule has 0 heterocycles. The molecule has 2 unspecified atom stereocenters. The summed E-state index contributed by atoms with van der Waals surface area (Å²) in [6, 6.07) is 4.14. The van der Waals surface area contributed by atoms with Crippen molar-refractivity contribution >= 4 is 11.6 Å². The summed E-state index contributed by atoms with van der Waals surface area (Å²) < 4.78 is 5.38. The average molecular weight is 296 g/mol. The van der Waals surface area contributed by atoms with Gasteiger partial charge in [-0.15, -0.1) is 0 Å². The number of aliphatic hydroxyl groups excluding tert-OH is 1. The van der Waals surface area contributed by atoms with E-state index in [1.54, 1.807) is 0 Å². The SMILES string of the molecule is CCC(C)NC(=O)C(C)Oc1ccc(CO)cc1[N+](=O)[O-]. The van der Waals surface area contributed by atoms with Gasteiger partial charge in [0, 0.05) is 12.1 Å². The van der Waals surface area contributed by atoms with Crippen LogP contribution >= 0.6 is 0 Å². The molecule has 0 aliphatic rings. The normalized spacial score (nSPS) is 13.3. The lowest BCUT2D eigenvalue weighted by atomic mass is 10.2. The Hall–Kier alpha value is -2.15. The first-order valence-electron chi connectivity index (χ1n) is 6.74. The van der Waals surface area contributed by atoms with Crippen LogP contribution in [0.1, 0.15) is 32.8 Å². The zero-order valence-corrected chi connectivity index (χ0v) is 12.3. The maximum absolute atomic E-state index is 11.9. The molecule has 0 saturated heterocycles. The van der Waals surface area contributed by atoms with Gasteiger partial charge in [-0.05, 0) is 31.9 Å². The lowest BCUT2D eigenvalue weighted by Crippen LogP contribution is -2.41. The molecule has 21 heavy (non-hydrogen) atoms. The summed E-state index contributed by atoms with van der Waals surface area (Å²) in [6.07, 6.45) is -0.0678. The maximum atomic E-state index is 11.9. The van der Waals surface area contributed by atoms with Gasteiger partial charge in [0.1, 0.15) is 0 Å². The average Bonchev–Trinajstić information content (AvgIpc) is 2.46. The van der Waals surface area contributed by atoms with Crippen molar-refractivity contribution in [3.8, 4) is 5.75 Å². The molecule has 1 amide bonds. The van der Waals surface area contributed by atoms with Gasteiger partial charge in [-0.3, -0.25) is 14.9 Å². The number of carbonyl (C=O) groups excluding carboxylic acids is 1. The molecule has 0 aliphatic heterocycles. The standard InChI is InChI=1S/C14H20N2O5/c1-4-9(2)15-14(18)10(3)21-13-6-5-11(8-17)7-12(13)16(19)20/h5-7,9-10,17H,4,8H2,1-3H3,(H,15,18). The van der Waals surface area contributed by atoms with Gasteiger partial charge in [0.05, 0.1) is 11.5 Å². The predicted molar refractivity (Wildman–Crippen MR) is 77.0 cm³/mol. The highest BCUT2D eigenvalue weighted by molar-refractivity contribution is 5.81. The highest BCUT2D eigenvalue weighted by Crippen LogP contribution is 2.28. The lowest BCUT2D eigenvalue weighted by Gasteiger charge is -2.17. The van der Waals surface area contributed by atoms with Crippen LogP contribution in [0.3, 0.4) is 0 Å². The first-order chi connectivity index (χ1) is 9.88. The Morgan fingerprint density at radius 1 is 1.48 bits per heavy atom. The highest BCUT2D eigenvalue weighted by Gasteiger charge is 2.22. The predicted octanol–water partition coefficient (Wildman–Crippen LogP) is 1.77. The van der Waals surface area contributed by atoms with Crippen LogP contribution in [-0.4, -0.2) is 28.1 Å². The van der Waals surface area contributed by atoms with Gasteiger partial charge in [-0.25, -0.2) is 0 Å². The number of ether oxygens (including phenoxy) is 1. The van der Waals surface area contributed by atoms with E-state index in [-0.39, 0.29) is 30.0 Å². The largest absolute Gasteiger partial charge is 0.474 e. The number of amides is 1. The topological polar surface area (TPSA) is 102 Å². The second-order valence-electron chi connectivity index (χ2n) is 4.80. The minimum atomic E-state index is -0.849. The minimum absolute atomic E-state index is 0.00371. The van der Waals surface area contributed by atoms with Crippen LogP contribution < -0.4 is 10.1 Å². The molecule has 0 spiro atoms. The molecule has 116 valence electrons. The van der Waals surface area contributed by atoms with Gasteiger partial charge in [-0.1, -0.05) is 13.0 Å². The van der Waals surface area contributed by atoms with Crippen molar-refractivity contribution in [1.29, 1.82) is 0 Å². The first kappa shape index (κ1) is 16.9. The molecular formula is C14H20N2O5. The monoisotopic (exact) mass is 296 g/mol. The molecule has 0 aromatic heterocycles. The van der Waals surface area contributed by atoms with Crippen LogP contribution in [0.15, 0.2) is 18.2 Å². The number of hydrogen-bond acceptors (Lipinski definition) is 5. The van der Waals surface area contributed by atoms with Crippen LogP contribution in [0.25, 0.3) is 0 Å². The Balaban J connectivity index is 2.86. The molecule has 0 radical (unpaired) electrons. The molecule has 1 aromatic rings. The fraction of sp³-hybridized carbons (Fsp3) is 0.500. The molecule has 7 heteroatoms. The Morgan fingerprint density at radius 2 is 2.14 bits per heavy atom. The minimum Gasteiger partial charge on any atom is -0.474 e. The second-order valence-corrected chi connectivity index (χ2v) is 4.80. The third-order valence-corrected chi connectivity index (χ3v) is 3.08. The van der Waals surface area contributed by atoms with Crippen LogP contribution in [0, 0.1) is 10.1 Å². The summed E-state index contributed by atoms with van der Waals surface area (Å²) in [4.78, 5) is 22.3. The number of carbonyl (C=O) groups is 1. The molecule has 7 nitrogen and oxygen atoms in total. The molecule has 2 N–H and O–H groups in total. The molecule has 2 atom stereocenters. The van der Waals surface area contributed by atoms with Crippen molar-refractivity contribution < 1.29 is 19.6 Å².